The summed E-state index contributed by atoms with van der Waals surface area (Å²) in [7, 11) is 0. The molecule has 2 aromatic rings. The third-order valence-corrected chi connectivity index (χ3v) is 6.90. The van der Waals surface area contributed by atoms with E-state index in [-0.39, 0.29) is 29.5 Å². The fourth-order valence-corrected chi connectivity index (χ4v) is 4.59. The molecule has 0 bridgehead atoms. The summed E-state index contributed by atoms with van der Waals surface area (Å²) >= 11 is 0. The van der Waals surface area contributed by atoms with E-state index in [1.165, 1.54) is 0 Å². The van der Waals surface area contributed by atoms with Crippen molar-refractivity contribution in [3.8, 4) is 5.75 Å². The molecule has 4 N–H and O–H groups in total. The minimum absolute atomic E-state index is 0.139. The first-order valence-electron chi connectivity index (χ1n) is 11.5. The second-order valence-electron chi connectivity index (χ2n) is 9.21. The van der Waals surface area contributed by atoms with Gasteiger partial charge in [0.1, 0.15) is 12.3 Å². The van der Waals surface area contributed by atoms with Crippen LogP contribution < -0.4 is 10.6 Å². The molecule has 0 saturated carbocycles. The van der Waals surface area contributed by atoms with Gasteiger partial charge in [-0.1, -0.05) is 56.3 Å². The Bertz CT molecular complexity index is 1010. The first-order chi connectivity index (χ1) is 16.2. The molecule has 8 nitrogen and oxygen atoms in total. The molecule has 0 radical (unpaired) electrons. The number of likely N-dealkylation sites (tertiary alicyclic amines) is 1. The summed E-state index contributed by atoms with van der Waals surface area (Å²) in [6.45, 7) is 4.96. The Kier molecular flexibility index (Phi) is 8.28. The minimum atomic E-state index is -1.14. The Morgan fingerprint density at radius 2 is 1.82 bits per heavy atom. The zero-order valence-electron chi connectivity index (χ0n) is 19.7. The highest BCUT2D eigenvalue weighted by atomic mass is 16.4. The number of carboxylic acid groups (broad SMARTS) is 1. The molecule has 2 amide bonds. The molecule has 3 atom stereocenters. The topological polar surface area (TPSA) is 119 Å². The second-order valence-corrected chi connectivity index (χ2v) is 9.21. The smallest absolute Gasteiger partial charge is 0.322 e. The van der Waals surface area contributed by atoms with Crippen LogP contribution in [0.1, 0.15) is 31.4 Å². The number of piperidine rings is 1. The Morgan fingerprint density at radius 3 is 2.47 bits per heavy atom. The van der Waals surface area contributed by atoms with Gasteiger partial charge in [0.15, 0.2) is 0 Å². The van der Waals surface area contributed by atoms with Gasteiger partial charge in [-0.25, -0.2) is 0 Å². The number of carbonyl (C=O) groups excluding carboxylic acids is 2. The first kappa shape index (κ1) is 25.2. The second kappa shape index (κ2) is 11.2. The van der Waals surface area contributed by atoms with Gasteiger partial charge in [-0.2, -0.15) is 0 Å². The van der Waals surface area contributed by atoms with E-state index < -0.39 is 24.5 Å². The van der Waals surface area contributed by atoms with Gasteiger partial charge in [0.2, 0.25) is 11.8 Å². The number of carbonyl (C=O) groups is 3. The quantitative estimate of drug-likeness (QED) is 0.447. The van der Waals surface area contributed by atoms with Crippen molar-refractivity contribution in [1.82, 2.24) is 15.5 Å². The zero-order valence-corrected chi connectivity index (χ0v) is 19.7. The van der Waals surface area contributed by atoms with Crippen LogP contribution >= 0.6 is 0 Å². The molecule has 8 heteroatoms. The number of rotatable bonds is 9. The first-order valence-corrected chi connectivity index (χ1v) is 11.5. The SMILES string of the molecule is CC1CN(C(Cc2ccccc2)C(=O)NCC(=O)NCC(=O)O)CCC1(C)c1cccc(O)c1. The third-order valence-electron chi connectivity index (χ3n) is 6.90. The molecule has 3 unspecified atom stereocenters. The number of phenolic OH excluding ortho intramolecular Hbond substituents is 1. The molecule has 1 aliphatic rings. The third kappa shape index (κ3) is 6.35. The summed E-state index contributed by atoms with van der Waals surface area (Å²) in [5, 5.41) is 23.6. The van der Waals surface area contributed by atoms with E-state index in [9.17, 15) is 19.5 Å². The monoisotopic (exact) mass is 467 g/mol. The highest BCUT2D eigenvalue weighted by molar-refractivity contribution is 5.88. The van der Waals surface area contributed by atoms with Gasteiger partial charge >= 0.3 is 5.97 Å². The predicted octanol–water partition coefficient (Wildman–Crippen LogP) is 1.92. The van der Waals surface area contributed by atoms with Gasteiger partial charge in [0.05, 0.1) is 12.6 Å². The average molecular weight is 468 g/mol. The predicted molar refractivity (Wildman–Crippen MR) is 128 cm³/mol. The molecule has 0 aliphatic carbocycles. The molecule has 3 rings (SSSR count). The van der Waals surface area contributed by atoms with Crippen molar-refractivity contribution >= 4 is 17.8 Å². The van der Waals surface area contributed by atoms with Crippen LogP contribution in [0.4, 0.5) is 0 Å². The normalized spacial score (nSPS) is 21.4. The molecule has 34 heavy (non-hydrogen) atoms. The summed E-state index contributed by atoms with van der Waals surface area (Å²) in [5.41, 5.74) is 1.96. The number of carboxylic acids is 1. The number of phenols is 1. The van der Waals surface area contributed by atoms with E-state index >= 15 is 0 Å². The summed E-state index contributed by atoms with van der Waals surface area (Å²) in [4.78, 5) is 37.9. The van der Waals surface area contributed by atoms with E-state index in [4.69, 9.17) is 5.11 Å². The molecule has 0 spiro atoms. The fraction of sp³-hybridized carbons (Fsp3) is 0.423. The highest BCUT2D eigenvalue weighted by Crippen LogP contribution is 2.40. The van der Waals surface area contributed by atoms with E-state index in [0.29, 0.717) is 19.5 Å². The lowest BCUT2D eigenvalue weighted by Crippen LogP contribution is -2.56. The van der Waals surface area contributed by atoms with Crippen LogP contribution in [-0.4, -0.2) is 65.1 Å². The van der Waals surface area contributed by atoms with Crippen molar-refractivity contribution in [2.75, 3.05) is 26.2 Å². The minimum Gasteiger partial charge on any atom is -0.508 e. The van der Waals surface area contributed by atoms with Crippen LogP contribution in [0, 0.1) is 5.92 Å². The van der Waals surface area contributed by atoms with Crippen LogP contribution in [-0.2, 0) is 26.2 Å². The molecule has 2 aromatic carbocycles. The Balaban J connectivity index is 1.72. The van der Waals surface area contributed by atoms with Crippen molar-refractivity contribution in [2.45, 2.75) is 38.1 Å². The van der Waals surface area contributed by atoms with Gasteiger partial charge < -0.3 is 20.8 Å². The van der Waals surface area contributed by atoms with Gasteiger partial charge in [-0.15, -0.1) is 0 Å². The van der Waals surface area contributed by atoms with E-state index in [1.807, 2.05) is 48.5 Å². The van der Waals surface area contributed by atoms with Crippen molar-refractivity contribution in [1.29, 1.82) is 0 Å². The fourth-order valence-electron chi connectivity index (χ4n) is 4.59. The van der Waals surface area contributed by atoms with Crippen LogP contribution in [0.15, 0.2) is 54.6 Å². The van der Waals surface area contributed by atoms with Crippen LogP contribution in [0.3, 0.4) is 0 Å². The number of aromatic hydroxyl groups is 1. The number of hydrogen-bond donors (Lipinski definition) is 4. The number of hydrogen-bond acceptors (Lipinski definition) is 5. The molecule has 1 fully saturated rings. The van der Waals surface area contributed by atoms with Crippen LogP contribution in [0.5, 0.6) is 5.75 Å². The van der Waals surface area contributed by atoms with Crippen LogP contribution in [0.2, 0.25) is 0 Å². The van der Waals surface area contributed by atoms with Gasteiger partial charge in [0, 0.05) is 6.54 Å². The number of aliphatic carboxylic acids is 1. The average Bonchev–Trinajstić information content (AvgIpc) is 2.82. The molecular formula is C26H33N3O5. The molecule has 182 valence electrons. The molecule has 1 heterocycles. The van der Waals surface area contributed by atoms with Crippen molar-refractivity contribution in [3.05, 3.63) is 65.7 Å². The summed E-state index contributed by atoms with van der Waals surface area (Å²) in [6, 6.07) is 16.7. The lowest BCUT2D eigenvalue weighted by Gasteiger charge is -2.47. The summed E-state index contributed by atoms with van der Waals surface area (Å²) in [6.07, 6.45) is 1.31. The van der Waals surface area contributed by atoms with E-state index in [0.717, 1.165) is 17.5 Å². The summed E-state index contributed by atoms with van der Waals surface area (Å²) in [5.74, 6) is -1.48. The van der Waals surface area contributed by atoms with Crippen LogP contribution in [0.25, 0.3) is 0 Å². The lowest BCUT2D eigenvalue weighted by atomic mass is 9.67. The van der Waals surface area contributed by atoms with Crippen molar-refractivity contribution in [3.63, 3.8) is 0 Å². The Labute approximate surface area is 200 Å². The maximum atomic E-state index is 13.2. The maximum absolute atomic E-state index is 13.2. The van der Waals surface area contributed by atoms with Gasteiger partial charge in [-0.3, -0.25) is 19.3 Å². The molecular weight excluding hydrogens is 434 g/mol. The Morgan fingerprint density at radius 1 is 1.09 bits per heavy atom. The molecule has 1 saturated heterocycles. The van der Waals surface area contributed by atoms with Crippen molar-refractivity contribution < 1.29 is 24.6 Å². The number of amides is 2. The van der Waals surface area contributed by atoms with Gasteiger partial charge in [0.25, 0.3) is 0 Å². The number of benzene rings is 2. The van der Waals surface area contributed by atoms with E-state index in [2.05, 4.69) is 29.4 Å². The molecule has 1 aliphatic heterocycles. The maximum Gasteiger partial charge on any atom is 0.322 e. The largest absolute Gasteiger partial charge is 0.508 e. The molecule has 0 aromatic heterocycles. The summed E-state index contributed by atoms with van der Waals surface area (Å²) < 4.78 is 0. The highest BCUT2D eigenvalue weighted by Gasteiger charge is 2.41. The number of nitrogens with zero attached hydrogens (tertiary/aromatic N) is 1. The lowest BCUT2D eigenvalue weighted by molar-refractivity contribution is -0.137. The zero-order chi connectivity index (χ0) is 24.7. The Hall–Kier alpha value is -3.39. The number of nitrogens with one attached hydrogen (secondary N) is 2. The van der Waals surface area contributed by atoms with E-state index in [1.54, 1.807) is 6.07 Å². The standard InChI is InChI=1S/C26H33N3O5/c1-18-17-29(12-11-26(18,2)20-9-6-10-21(30)14-20)22(13-19-7-4-3-5-8-19)25(34)28-15-23(31)27-16-24(32)33/h3-10,14,18,22,30H,11-13,15-17H2,1-2H3,(H,27,31)(H,28,34)(H,32,33). The van der Waals surface area contributed by atoms with Crippen molar-refractivity contribution in [2.24, 2.45) is 5.92 Å². The van der Waals surface area contributed by atoms with Gasteiger partial charge in [-0.05, 0) is 54.0 Å².